The molecule has 0 unspecified atom stereocenters. The molecule has 0 saturated carbocycles. The van der Waals surface area contributed by atoms with E-state index in [1.807, 2.05) is 37.3 Å². The lowest BCUT2D eigenvalue weighted by molar-refractivity contribution is 0.262. The van der Waals surface area contributed by atoms with Crippen molar-refractivity contribution in [2.75, 3.05) is 16.0 Å². The van der Waals surface area contributed by atoms with Crippen molar-refractivity contribution in [2.45, 2.75) is 13.3 Å². The molecule has 0 bridgehead atoms. The van der Waals surface area contributed by atoms with Crippen LogP contribution < -0.4 is 16.0 Å². The Morgan fingerprint density at radius 3 is 2.59 bits per heavy atom. The largest absolute Gasteiger partial charge is 0.359 e. The maximum absolute atomic E-state index is 12.0. The second kappa shape index (κ2) is 5.73. The van der Waals surface area contributed by atoms with Gasteiger partial charge in [-0.3, -0.25) is 0 Å². The van der Waals surface area contributed by atoms with Crippen LogP contribution in [0.2, 0.25) is 5.02 Å². The van der Waals surface area contributed by atoms with Gasteiger partial charge in [0.15, 0.2) is 0 Å². The van der Waals surface area contributed by atoms with Crippen LogP contribution in [0.1, 0.15) is 11.1 Å². The number of urea groups is 1. The van der Waals surface area contributed by atoms with E-state index in [1.54, 1.807) is 6.07 Å². The number of halogens is 1. The molecule has 112 valence electrons. The zero-order chi connectivity index (χ0) is 15.7. The van der Waals surface area contributed by atoms with Gasteiger partial charge in [0.25, 0.3) is 0 Å². The highest BCUT2D eigenvalue weighted by Gasteiger charge is 2.14. The lowest BCUT2D eigenvalue weighted by Crippen LogP contribution is -2.19. The molecule has 0 fully saturated rings. The van der Waals surface area contributed by atoms with E-state index in [0.29, 0.717) is 10.7 Å². The molecule has 1 heterocycles. The number of fused-ring (bicyclic) bond motifs is 1. The predicted molar refractivity (Wildman–Crippen MR) is 91.7 cm³/mol. The fourth-order valence-corrected chi connectivity index (χ4v) is 2.53. The zero-order valence-electron chi connectivity index (χ0n) is 12.2. The van der Waals surface area contributed by atoms with Crippen molar-refractivity contribution in [3.8, 4) is 0 Å². The van der Waals surface area contributed by atoms with Crippen LogP contribution in [-0.4, -0.2) is 6.03 Å². The Bertz CT molecular complexity index is 770. The van der Waals surface area contributed by atoms with E-state index < -0.39 is 0 Å². The minimum Gasteiger partial charge on any atom is -0.359 e. The molecular formula is C17H16ClN3O. The number of nitrogens with one attached hydrogen (secondary N) is 3. The van der Waals surface area contributed by atoms with E-state index in [-0.39, 0.29) is 6.03 Å². The number of carbonyl (C=O) groups excluding carboxylic acids is 1. The van der Waals surface area contributed by atoms with Crippen LogP contribution in [0.3, 0.4) is 0 Å². The van der Waals surface area contributed by atoms with Crippen LogP contribution in [0.25, 0.3) is 0 Å². The van der Waals surface area contributed by atoms with Gasteiger partial charge in [0.2, 0.25) is 0 Å². The van der Waals surface area contributed by atoms with E-state index >= 15 is 0 Å². The van der Waals surface area contributed by atoms with Crippen molar-refractivity contribution in [2.24, 2.45) is 0 Å². The minimum atomic E-state index is -0.309. The molecule has 2 aromatic rings. The maximum atomic E-state index is 12.0. The molecule has 4 nitrogen and oxygen atoms in total. The lowest BCUT2D eigenvalue weighted by atomic mass is 10.1. The van der Waals surface area contributed by atoms with Crippen molar-refractivity contribution in [1.82, 2.24) is 0 Å². The molecule has 22 heavy (non-hydrogen) atoms. The number of allylic oxidation sites excluding steroid dienone is 1. The van der Waals surface area contributed by atoms with Crippen LogP contribution in [0, 0.1) is 6.92 Å². The first kappa shape index (κ1) is 14.5. The summed E-state index contributed by atoms with van der Waals surface area (Å²) in [6, 6.07) is 10.9. The average Bonchev–Trinajstić information content (AvgIpc) is 2.82. The van der Waals surface area contributed by atoms with E-state index in [4.69, 9.17) is 11.6 Å². The molecular weight excluding hydrogens is 298 g/mol. The highest BCUT2D eigenvalue weighted by Crippen LogP contribution is 2.29. The van der Waals surface area contributed by atoms with E-state index in [1.165, 1.54) is 5.56 Å². The topological polar surface area (TPSA) is 53.2 Å². The summed E-state index contributed by atoms with van der Waals surface area (Å²) >= 11 is 6.05. The summed E-state index contributed by atoms with van der Waals surface area (Å²) in [6.07, 6.45) is 0.823. The molecule has 2 amide bonds. The normalized spacial score (nSPS) is 12.5. The summed E-state index contributed by atoms with van der Waals surface area (Å²) in [4.78, 5) is 12.0. The number of benzene rings is 2. The molecule has 0 aliphatic carbocycles. The Morgan fingerprint density at radius 2 is 1.86 bits per heavy atom. The van der Waals surface area contributed by atoms with Crippen molar-refractivity contribution in [1.29, 1.82) is 0 Å². The number of rotatable bonds is 2. The predicted octanol–water partition coefficient (Wildman–Crippen LogP) is 4.77. The van der Waals surface area contributed by atoms with Gasteiger partial charge >= 0.3 is 6.03 Å². The highest BCUT2D eigenvalue weighted by molar-refractivity contribution is 6.31. The Balaban J connectivity index is 1.68. The first-order valence-electron chi connectivity index (χ1n) is 6.93. The summed E-state index contributed by atoms with van der Waals surface area (Å²) in [5.74, 6) is 0. The Morgan fingerprint density at radius 1 is 1.18 bits per heavy atom. The second-order valence-electron chi connectivity index (χ2n) is 5.32. The molecule has 1 aliphatic rings. The molecule has 5 heteroatoms. The monoisotopic (exact) mass is 313 g/mol. The number of aryl methyl sites for hydroxylation is 1. The van der Waals surface area contributed by atoms with Crippen molar-refractivity contribution < 1.29 is 4.79 Å². The summed E-state index contributed by atoms with van der Waals surface area (Å²) in [6.45, 7) is 5.82. The van der Waals surface area contributed by atoms with Crippen molar-refractivity contribution >= 4 is 34.7 Å². The molecule has 0 atom stereocenters. The summed E-state index contributed by atoms with van der Waals surface area (Å²) in [5, 5.41) is 9.38. The molecule has 2 aromatic carbocycles. The van der Waals surface area contributed by atoms with Crippen molar-refractivity contribution in [3.63, 3.8) is 0 Å². The third-order valence-electron chi connectivity index (χ3n) is 3.51. The fourth-order valence-electron chi connectivity index (χ4n) is 2.35. The molecule has 0 saturated heterocycles. The number of amides is 2. The minimum absolute atomic E-state index is 0.309. The Kier molecular flexibility index (Phi) is 3.77. The summed E-state index contributed by atoms with van der Waals surface area (Å²) in [7, 11) is 0. The van der Waals surface area contributed by atoms with E-state index in [9.17, 15) is 4.79 Å². The van der Waals surface area contributed by atoms with Crippen LogP contribution in [-0.2, 0) is 6.42 Å². The number of hydrogen-bond acceptors (Lipinski definition) is 2. The van der Waals surface area contributed by atoms with E-state index in [0.717, 1.165) is 29.1 Å². The van der Waals surface area contributed by atoms with Crippen LogP contribution in [0.4, 0.5) is 21.9 Å². The highest BCUT2D eigenvalue weighted by atomic mass is 35.5. The Hall–Kier alpha value is -2.46. The third kappa shape index (κ3) is 3.07. The van der Waals surface area contributed by atoms with Gasteiger partial charge in [-0.15, -0.1) is 0 Å². The molecule has 0 radical (unpaired) electrons. The van der Waals surface area contributed by atoms with Crippen molar-refractivity contribution in [3.05, 3.63) is 64.8 Å². The SMILES string of the molecule is C=C1Cc2ccc(NC(=O)Nc3ccc(C)c(Cl)c3)cc2N1. The quantitative estimate of drug-likeness (QED) is 0.747. The van der Waals surface area contributed by atoms with Gasteiger partial charge < -0.3 is 16.0 Å². The Labute approximate surface area is 134 Å². The van der Waals surface area contributed by atoms with Gasteiger partial charge in [0.1, 0.15) is 0 Å². The van der Waals surface area contributed by atoms with Gasteiger partial charge in [-0.05, 0) is 42.3 Å². The van der Waals surface area contributed by atoms with Crippen LogP contribution in [0.15, 0.2) is 48.7 Å². The molecule has 0 aromatic heterocycles. The molecule has 3 N–H and O–H groups in total. The van der Waals surface area contributed by atoms with Gasteiger partial charge in [-0.1, -0.05) is 30.3 Å². The zero-order valence-corrected chi connectivity index (χ0v) is 12.9. The van der Waals surface area contributed by atoms with Gasteiger partial charge in [0, 0.05) is 34.2 Å². The standard InChI is InChI=1S/C17H16ClN3O/c1-10-3-5-13(8-15(10)18)20-17(22)21-14-6-4-12-7-11(2)19-16(12)9-14/h3-6,8-9,19H,2,7H2,1H3,(H2,20,21,22). The van der Waals surface area contributed by atoms with E-state index in [2.05, 4.69) is 22.5 Å². The number of anilines is 3. The average molecular weight is 314 g/mol. The van der Waals surface area contributed by atoms with Gasteiger partial charge in [-0.2, -0.15) is 0 Å². The first-order valence-corrected chi connectivity index (χ1v) is 7.31. The summed E-state index contributed by atoms with van der Waals surface area (Å²) < 4.78 is 0. The first-order chi connectivity index (χ1) is 10.5. The van der Waals surface area contributed by atoms with Crippen LogP contribution >= 0.6 is 11.6 Å². The lowest BCUT2D eigenvalue weighted by Gasteiger charge is -2.10. The number of carbonyl (C=O) groups is 1. The van der Waals surface area contributed by atoms with Crippen LogP contribution in [0.5, 0.6) is 0 Å². The molecule has 0 spiro atoms. The summed E-state index contributed by atoms with van der Waals surface area (Å²) in [5.41, 5.74) is 5.48. The van der Waals surface area contributed by atoms with Gasteiger partial charge in [0.05, 0.1) is 0 Å². The third-order valence-corrected chi connectivity index (χ3v) is 3.92. The van der Waals surface area contributed by atoms with Gasteiger partial charge in [-0.25, -0.2) is 4.79 Å². The second-order valence-corrected chi connectivity index (χ2v) is 5.73. The number of hydrogen-bond donors (Lipinski definition) is 3. The molecule has 3 rings (SSSR count). The maximum Gasteiger partial charge on any atom is 0.323 e. The fraction of sp³-hybridized carbons (Fsp3) is 0.118. The molecule has 1 aliphatic heterocycles. The smallest absolute Gasteiger partial charge is 0.323 e.